The molecule has 33 heavy (non-hydrogen) atoms. The molecule has 2 fully saturated rings. The van der Waals surface area contributed by atoms with E-state index in [0.29, 0.717) is 38.8 Å². The van der Waals surface area contributed by atoms with Gasteiger partial charge in [-0.05, 0) is 56.2 Å². The van der Waals surface area contributed by atoms with E-state index in [1.165, 1.54) is 4.31 Å². The van der Waals surface area contributed by atoms with Gasteiger partial charge in [0.25, 0.3) is 0 Å². The first-order valence-corrected chi connectivity index (χ1v) is 13.0. The smallest absolute Gasteiger partial charge is 0.243 e. The molecule has 0 amide bonds. The van der Waals surface area contributed by atoms with Crippen molar-refractivity contribution >= 4 is 21.6 Å². The topological polar surface area (TPSA) is 71.5 Å². The molecule has 3 aliphatic rings. The average Bonchev–Trinajstić information content (AvgIpc) is 2.76. The first-order valence-electron chi connectivity index (χ1n) is 11.6. The Morgan fingerprint density at radius 1 is 1.03 bits per heavy atom. The van der Waals surface area contributed by atoms with Gasteiger partial charge >= 0.3 is 0 Å². The van der Waals surface area contributed by atoms with Crippen molar-refractivity contribution < 1.29 is 18.0 Å². The second kappa shape index (κ2) is 9.04. The fraction of sp³-hybridized carbons (Fsp3) is 0.481. The van der Waals surface area contributed by atoms with Gasteiger partial charge in [0.15, 0.2) is 0 Å². The normalized spacial score (nSPS) is 26.4. The van der Waals surface area contributed by atoms with E-state index in [4.69, 9.17) is 0 Å². The van der Waals surface area contributed by atoms with Crippen molar-refractivity contribution in [1.82, 2.24) is 4.31 Å². The Kier molecular flexibility index (Phi) is 6.48. The molecule has 0 bridgehead atoms. The van der Waals surface area contributed by atoms with Crippen LogP contribution in [0.5, 0.6) is 0 Å². The number of ketones is 2. The van der Waals surface area contributed by atoms with Crippen molar-refractivity contribution in [3.8, 4) is 11.8 Å². The molecule has 0 aromatic heterocycles. The van der Waals surface area contributed by atoms with Gasteiger partial charge < -0.3 is 0 Å². The van der Waals surface area contributed by atoms with Crippen molar-refractivity contribution in [2.75, 3.05) is 13.1 Å². The zero-order valence-corrected chi connectivity index (χ0v) is 20.3. The van der Waals surface area contributed by atoms with Crippen LogP contribution < -0.4 is 0 Å². The van der Waals surface area contributed by atoms with Crippen LogP contribution in [0, 0.1) is 35.0 Å². The quantitative estimate of drug-likeness (QED) is 0.496. The number of Topliss-reactive ketones (excluding diaryl/α,β-unsaturated/α-hetero) is 2. The fourth-order valence-electron chi connectivity index (χ4n) is 5.88. The molecule has 2 atom stereocenters. The number of hydrogen-bond acceptors (Lipinski definition) is 4. The molecule has 6 heteroatoms. The Bertz CT molecular complexity index is 1160. The third-order valence-corrected chi connectivity index (χ3v) is 9.42. The number of hydrogen-bond donors (Lipinski definition) is 0. The third-order valence-electron chi connectivity index (χ3n) is 7.50. The maximum absolute atomic E-state index is 13.3. The molecule has 2 aliphatic carbocycles. The maximum atomic E-state index is 13.3. The van der Waals surface area contributed by atoms with Gasteiger partial charge in [-0.15, -0.1) is 5.92 Å². The second-order valence-electron chi connectivity index (χ2n) is 9.75. The molecule has 1 saturated heterocycles. The van der Waals surface area contributed by atoms with E-state index in [2.05, 4.69) is 24.8 Å². The lowest BCUT2D eigenvalue weighted by atomic mass is 9.59. The standard InChI is InChI=1S/C27H31NO4S/c1-4-8-21-15-19(2)25(20(3)16-21)26-23(29)17-27(18-24(26)30)11-13-28(14-12-27)33(31,32)22-9-6-5-7-10-22/h5-7,9-10,15-16,19,25-26H,11-14,17-18H2,1-3H3. The van der Waals surface area contributed by atoms with Crippen LogP contribution in [0.25, 0.3) is 0 Å². The van der Waals surface area contributed by atoms with Crippen LogP contribution in [-0.2, 0) is 19.6 Å². The van der Waals surface area contributed by atoms with Crippen LogP contribution in [0.1, 0.15) is 46.5 Å². The number of sulfonamides is 1. The number of carbonyl (C=O) groups is 2. The molecular weight excluding hydrogens is 434 g/mol. The number of carbonyl (C=O) groups excluding carboxylic acids is 2. The van der Waals surface area contributed by atoms with Gasteiger partial charge in [-0.2, -0.15) is 4.31 Å². The lowest BCUT2D eigenvalue weighted by molar-refractivity contribution is -0.144. The second-order valence-corrected chi connectivity index (χ2v) is 11.7. The van der Waals surface area contributed by atoms with Crippen LogP contribution in [0.4, 0.5) is 0 Å². The number of allylic oxidation sites excluding steroid dienone is 4. The lowest BCUT2D eigenvalue weighted by Gasteiger charge is -2.46. The van der Waals surface area contributed by atoms with E-state index in [1.54, 1.807) is 37.3 Å². The van der Waals surface area contributed by atoms with Gasteiger partial charge in [0.2, 0.25) is 10.0 Å². The molecule has 174 valence electrons. The van der Waals surface area contributed by atoms with E-state index in [0.717, 1.165) is 11.1 Å². The summed E-state index contributed by atoms with van der Waals surface area (Å²) in [7, 11) is -3.56. The molecule has 1 aliphatic heterocycles. The molecule has 1 aromatic rings. The molecule has 0 N–H and O–H groups in total. The molecule has 1 saturated carbocycles. The molecule has 4 rings (SSSR count). The average molecular weight is 466 g/mol. The van der Waals surface area contributed by atoms with Crippen molar-refractivity contribution in [1.29, 1.82) is 0 Å². The summed E-state index contributed by atoms with van der Waals surface area (Å²) in [5.74, 6) is 5.34. The summed E-state index contributed by atoms with van der Waals surface area (Å²) in [6, 6.07) is 8.42. The molecule has 0 radical (unpaired) electrons. The highest BCUT2D eigenvalue weighted by atomic mass is 32.2. The van der Waals surface area contributed by atoms with Crippen molar-refractivity contribution in [2.24, 2.45) is 23.2 Å². The van der Waals surface area contributed by atoms with E-state index in [9.17, 15) is 18.0 Å². The molecule has 5 nitrogen and oxygen atoms in total. The Morgan fingerprint density at radius 2 is 1.64 bits per heavy atom. The summed E-state index contributed by atoms with van der Waals surface area (Å²) in [6.07, 6.45) is 5.84. The minimum Gasteiger partial charge on any atom is -0.299 e. The minimum absolute atomic E-state index is 0.00800. The maximum Gasteiger partial charge on any atom is 0.243 e. The minimum atomic E-state index is -3.56. The Hall–Kier alpha value is -2.49. The van der Waals surface area contributed by atoms with Crippen LogP contribution in [0.2, 0.25) is 0 Å². The van der Waals surface area contributed by atoms with Crippen molar-refractivity contribution in [3.63, 3.8) is 0 Å². The highest BCUT2D eigenvalue weighted by Gasteiger charge is 2.50. The Balaban J connectivity index is 1.47. The first kappa shape index (κ1) is 23.7. The van der Waals surface area contributed by atoms with Crippen molar-refractivity contribution in [3.05, 3.63) is 53.6 Å². The van der Waals surface area contributed by atoms with Gasteiger partial charge in [-0.25, -0.2) is 8.42 Å². The fourth-order valence-corrected chi connectivity index (χ4v) is 7.34. The summed E-state index contributed by atoms with van der Waals surface area (Å²) < 4.78 is 27.4. The summed E-state index contributed by atoms with van der Waals surface area (Å²) >= 11 is 0. The summed E-state index contributed by atoms with van der Waals surface area (Å²) in [4.78, 5) is 27.0. The largest absolute Gasteiger partial charge is 0.299 e. The molecular formula is C27H31NO4S. The zero-order chi connectivity index (χ0) is 23.8. The SMILES string of the molecule is CC#CC1=CC(C)C(C2C(=O)CC3(CCN(S(=O)(=O)c4ccccc4)CC3)CC2=O)C(C)=C1. The number of nitrogens with zero attached hydrogens (tertiary/aromatic N) is 1. The van der Waals surface area contributed by atoms with Crippen molar-refractivity contribution in [2.45, 2.75) is 51.3 Å². The summed E-state index contributed by atoms with van der Waals surface area (Å²) in [5.41, 5.74) is 1.56. The Morgan fingerprint density at radius 3 is 2.18 bits per heavy atom. The van der Waals surface area contributed by atoms with Gasteiger partial charge in [-0.1, -0.05) is 42.7 Å². The van der Waals surface area contributed by atoms with Crippen LogP contribution in [-0.4, -0.2) is 37.4 Å². The van der Waals surface area contributed by atoms with E-state index in [1.807, 2.05) is 13.0 Å². The first-order chi connectivity index (χ1) is 15.7. The summed E-state index contributed by atoms with van der Waals surface area (Å²) in [5, 5.41) is 0. The predicted octanol–water partition coefficient (Wildman–Crippen LogP) is 4.17. The Labute approximate surface area is 197 Å². The highest BCUT2D eigenvalue weighted by Crippen LogP contribution is 2.48. The predicted molar refractivity (Wildman–Crippen MR) is 128 cm³/mol. The molecule has 2 unspecified atom stereocenters. The molecule has 1 spiro atoms. The number of piperidine rings is 1. The van der Waals surface area contributed by atoms with E-state index < -0.39 is 21.4 Å². The summed E-state index contributed by atoms with van der Waals surface area (Å²) in [6.45, 7) is 6.51. The zero-order valence-electron chi connectivity index (χ0n) is 19.5. The van der Waals surface area contributed by atoms with Crippen LogP contribution in [0.15, 0.2) is 58.5 Å². The third kappa shape index (κ3) is 4.49. The van der Waals surface area contributed by atoms with Crippen LogP contribution in [0.3, 0.4) is 0 Å². The molecule has 1 heterocycles. The molecule has 1 aromatic carbocycles. The van der Waals surface area contributed by atoms with E-state index in [-0.39, 0.29) is 28.3 Å². The van der Waals surface area contributed by atoms with Crippen LogP contribution >= 0.6 is 0 Å². The van der Waals surface area contributed by atoms with Gasteiger partial charge in [0, 0.05) is 37.4 Å². The van der Waals surface area contributed by atoms with Gasteiger partial charge in [0.05, 0.1) is 10.8 Å². The van der Waals surface area contributed by atoms with Gasteiger partial charge in [-0.3, -0.25) is 9.59 Å². The monoisotopic (exact) mass is 465 g/mol. The highest BCUT2D eigenvalue weighted by molar-refractivity contribution is 7.89. The lowest BCUT2D eigenvalue weighted by Crippen LogP contribution is -2.50. The number of rotatable bonds is 3. The van der Waals surface area contributed by atoms with Gasteiger partial charge in [0.1, 0.15) is 11.6 Å². The number of benzene rings is 1. The van der Waals surface area contributed by atoms with E-state index >= 15 is 0 Å².